The van der Waals surface area contributed by atoms with Gasteiger partial charge in [0, 0.05) is 21.9 Å². The first-order valence-electron chi connectivity index (χ1n) is 20.4. The van der Waals surface area contributed by atoms with Crippen LogP contribution in [0.25, 0.3) is 132 Å². The van der Waals surface area contributed by atoms with Gasteiger partial charge in [0.05, 0.1) is 0 Å². The lowest BCUT2D eigenvalue weighted by molar-refractivity contribution is 0.670. The molecule has 0 saturated heterocycles. The van der Waals surface area contributed by atoms with Crippen LogP contribution < -0.4 is 0 Å². The van der Waals surface area contributed by atoms with Crippen molar-refractivity contribution in [1.29, 1.82) is 0 Å². The Labute approximate surface area is 341 Å². The van der Waals surface area contributed by atoms with E-state index in [0.29, 0.717) is 0 Å². The van der Waals surface area contributed by atoms with E-state index in [1.54, 1.807) is 0 Å². The van der Waals surface area contributed by atoms with Crippen LogP contribution in [0, 0.1) is 0 Å². The first-order chi connectivity index (χ1) is 29.3. The van der Waals surface area contributed by atoms with Crippen LogP contribution in [0.3, 0.4) is 0 Å². The van der Waals surface area contributed by atoms with Crippen molar-refractivity contribution in [2.24, 2.45) is 0 Å². The predicted molar refractivity (Wildman–Crippen MR) is 250 cm³/mol. The van der Waals surface area contributed by atoms with Crippen molar-refractivity contribution in [1.82, 2.24) is 0 Å². The summed E-state index contributed by atoms with van der Waals surface area (Å²) in [5.41, 5.74) is 16.8. The van der Waals surface area contributed by atoms with Crippen molar-refractivity contribution in [2.45, 2.75) is 0 Å². The Morgan fingerprint density at radius 2 is 0.712 bits per heavy atom. The average molecular weight is 747 g/mol. The predicted octanol–water partition coefficient (Wildman–Crippen LogP) is 16.5. The summed E-state index contributed by atoms with van der Waals surface area (Å²) in [4.78, 5) is 0. The van der Waals surface area contributed by atoms with E-state index in [0.717, 1.165) is 22.1 Å². The smallest absolute Gasteiger partial charge is 0.143 e. The molecule has 1 nitrogen and oxygen atoms in total. The van der Waals surface area contributed by atoms with Gasteiger partial charge in [-0.1, -0.05) is 200 Å². The lowest BCUT2D eigenvalue weighted by Gasteiger charge is -2.18. The zero-order chi connectivity index (χ0) is 38.6. The summed E-state index contributed by atoms with van der Waals surface area (Å²) in [7, 11) is 0. The topological polar surface area (TPSA) is 13.1 Å². The van der Waals surface area contributed by atoms with Gasteiger partial charge in [0.25, 0.3) is 0 Å². The van der Waals surface area contributed by atoms with Crippen molar-refractivity contribution >= 4 is 65.0 Å². The Morgan fingerprint density at radius 3 is 1.41 bits per heavy atom. The molecule has 0 amide bonds. The lowest BCUT2D eigenvalue weighted by Crippen LogP contribution is -1.91. The van der Waals surface area contributed by atoms with Crippen molar-refractivity contribution < 1.29 is 4.42 Å². The number of hydrogen-bond donors (Lipinski definition) is 0. The van der Waals surface area contributed by atoms with E-state index in [-0.39, 0.29) is 0 Å². The number of fused-ring (bicyclic) bond motifs is 10. The molecule has 1 heterocycles. The highest BCUT2D eigenvalue weighted by molar-refractivity contribution is 6.26. The van der Waals surface area contributed by atoms with Gasteiger partial charge in [-0.2, -0.15) is 0 Å². The molecule has 0 aliphatic heterocycles. The molecule has 272 valence electrons. The monoisotopic (exact) mass is 746 g/mol. The summed E-state index contributed by atoms with van der Waals surface area (Å²) < 4.78 is 6.81. The number of furan rings is 1. The molecule has 12 aromatic rings. The molecule has 0 bridgehead atoms. The van der Waals surface area contributed by atoms with E-state index >= 15 is 0 Å². The van der Waals surface area contributed by atoms with Gasteiger partial charge in [-0.05, 0) is 105 Å². The first-order valence-corrected chi connectivity index (χ1v) is 20.4. The second kappa shape index (κ2) is 12.4. The van der Waals surface area contributed by atoms with E-state index < -0.39 is 0 Å². The molecule has 1 aromatic heterocycles. The van der Waals surface area contributed by atoms with Gasteiger partial charge in [-0.15, -0.1) is 0 Å². The first kappa shape index (κ1) is 32.4. The van der Waals surface area contributed by atoms with E-state index in [9.17, 15) is 0 Å². The molecule has 11 aromatic carbocycles. The highest BCUT2D eigenvalue weighted by Gasteiger charge is 2.24. The third kappa shape index (κ3) is 4.62. The Morgan fingerprint density at radius 1 is 0.237 bits per heavy atom. The van der Waals surface area contributed by atoms with Crippen LogP contribution in [0.1, 0.15) is 0 Å². The van der Waals surface area contributed by atoms with Gasteiger partial charge in [-0.25, -0.2) is 0 Å². The highest BCUT2D eigenvalue weighted by Crippen LogP contribution is 2.51. The van der Waals surface area contributed by atoms with E-state index in [1.165, 1.54) is 110 Å². The van der Waals surface area contributed by atoms with Gasteiger partial charge in [0.15, 0.2) is 0 Å². The Hall–Kier alpha value is -7.74. The van der Waals surface area contributed by atoms with Crippen LogP contribution in [0.5, 0.6) is 0 Å². The zero-order valence-electron chi connectivity index (χ0n) is 32.0. The van der Waals surface area contributed by atoms with Crippen molar-refractivity contribution in [3.05, 3.63) is 206 Å². The standard InChI is InChI=1S/C58H34O/c1-2-15-39-35(13-1)31-34-53-57(39)52-26-12-25-51(58(52)59-53)56-48-21-9-7-19-46(48)54(47-20-8-10-22-49(47)56)37-29-27-36(28-30-37)38-14-3-4-16-40(38)43-32-33-50-42-18-6-5-17-41(42)44-23-11-24-45(43)55(44)50/h1-34H. The van der Waals surface area contributed by atoms with Crippen LogP contribution in [0.2, 0.25) is 0 Å². The summed E-state index contributed by atoms with van der Waals surface area (Å²) in [5, 5.41) is 12.3. The van der Waals surface area contributed by atoms with Gasteiger partial charge in [-0.3, -0.25) is 0 Å². The van der Waals surface area contributed by atoms with E-state index in [4.69, 9.17) is 4.42 Å². The molecule has 0 spiro atoms. The normalized spacial score (nSPS) is 12.1. The number of rotatable bonds is 4. The summed E-state index contributed by atoms with van der Waals surface area (Å²) in [6.07, 6.45) is 0. The van der Waals surface area contributed by atoms with Crippen LogP contribution in [0.15, 0.2) is 211 Å². The molecule has 0 radical (unpaired) electrons. The number of hydrogen-bond acceptors (Lipinski definition) is 1. The SMILES string of the molecule is c1ccc(-c2ccc3c4c(cccc24)-c2ccccc2-3)c(-c2ccc(-c3c4ccccc4c(-c4cccc5c4oc4ccc6ccccc6c45)c4ccccc34)cc2)c1. The van der Waals surface area contributed by atoms with Crippen LogP contribution in [0.4, 0.5) is 0 Å². The molecule has 0 atom stereocenters. The molecule has 0 unspecified atom stereocenters. The van der Waals surface area contributed by atoms with Crippen molar-refractivity contribution in [2.75, 3.05) is 0 Å². The molecular formula is C58H34O. The second-order valence-corrected chi connectivity index (χ2v) is 15.8. The molecule has 1 heteroatoms. The average Bonchev–Trinajstić information content (AvgIpc) is 3.86. The van der Waals surface area contributed by atoms with Crippen molar-refractivity contribution in [3.8, 4) is 66.8 Å². The maximum Gasteiger partial charge on any atom is 0.143 e. The van der Waals surface area contributed by atoms with Crippen LogP contribution >= 0.6 is 0 Å². The molecule has 1 aliphatic rings. The fraction of sp³-hybridized carbons (Fsp3) is 0. The fourth-order valence-electron chi connectivity index (χ4n) is 10.3. The van der Waals surface area contributed by atoms with E-state index in [1.807, 2.05) is 0 Å². The maximum atomic E-state index is 6.81. The minimum atomic E-state index is 0.914. The summed E-state index contributed by atoms with van der Waals surface area (Å²) in [5.74, 6) is 0. The van der Waals surface area contributed by atoms with Gasteiger partial charge >= 0.3 is 0 Å². The molecule has 59 heavy (non-hydrogen) atoms. The number of para-hydroxylation sites is 1. The summed E-state index contributed by atoms with van der Waals surface area (Å²) >= 11 is 0. The van der Waals surface area contributed by atoms with E-state index in [2.05, 4.69) is 206 Å². The fourth-order valence-corrected chi connectivity index (χ4v) is 10.3. The molecule has 1 aliphatic carbocycles. The maximum absolute atomic E-state index is 6.81. The van der Waals surface area contributed by atoms with Crippen LogP contribution in [-0.2, 0) is 0 Å². The molecule has 13 rings (SSSR count). The summed E-state index contributed by atoms with van der Waals surface area (Å²) in [6.45, 7) is 0. The van der Waals surface area contributed by atoms with Gasteiger partial charge in [0.1, 0.15) is 11.2 Å². The Kier molecular flexibility index (Phi) is 6.79. The lowest BCUT2D eigenvalue weighted by atomic mass is 9.85. The molecule has 0 saturated carbocycles. The Balaban J connectivity index is 0.975. The van der Waals surface area contributed by atoms with Gasteiger partial charge in [0.2, 0.25) is 0 Å². The van der Waals surface area contributed by atoms with Gasteiger partial charge < -0.3 is 4.42 Å². The molecular weight excluding hydrogens is 713 g/mol. The minimum Gasteiger partial charge on any atom is -0.455 e. The highest BCUT2D eigenvalue weighted by atomic mass is 16.3. The third-order valence-corrected chi connectivity index (χ3v) is 12.8. The zero-order valence-corrected chi connectivity index (χ0v) is 32.0. The minimum absolute atomic E-state index is 0.914. The molecule has 0 N–H and O–H groups in total. The van der Waals surface area contributed by atoms with Crippen LogP contribution in [-0.4, -0.2) is 0 Å². The van der Waals surface area contributed by atoms with Crippen molar-refractivity contribution in [3.63, 3.8) is 0 Å². The Bertz CT molecular complexity index is 3630. The molecule has 0 fully saturated rings. The second-order valence-electron chi connectivity index (χ2n) is 15.8. The quantitative estimate of drug-likeness (QED) is 0.164. The summed E-state index contributed by atoms with van der Waals surface area (Å²) in [6, 6.07) is 75.6. The number of benzene rings is 11. The third-order valence-electron chi connectivity index (χ3n) is 12.8. The largest absolute Gasteiger partial charge is 0.455 e.